The Bertz CT molecular complexity index is 274. The summed E-state index contributed by atoms with van der Waals surface area (Å²) in [6.45, 7) is 7.84. The topological polar surface area (TPSA) is 90.6 Å². The summed E-state index contributed by atoms with van der Waals surface area (Å²) in [6, 6.07) is -0.320. The molecule has 18 heavy (non-hydrogen) atoms. The van der Waals surface area contributed by atoms with Gasteiger partial charge in [0.25, 0.3) is 0 Å². The van der Waals surface area contributed by atoms with Crippen LogP contribution in [0.2, 0.25) is 0 Å². The van der Waals surface area contributed by atoms with Crippen molar-refractivity contribution < 1.29 is 19.1 Å². The van der Waals surface area contributed by atoms with Crippen molar-refractivity contribution in [1.29, 1.82) is 0 Å². The summed E-state index contributed by atoms with van der Waals surface area (Å²) >= 11 is 0. The van der Waals surface area contributed by atoms with Gasteiger partial charge in [-0.2, -0.15) is 0 Å². The lowest BCUT2D eigenvalue weighted by Gasteiger charge is -2.20. The summed E-state index contributed by atoms with van der Waals surface area (Å²) in [4.78, 5) is 22.4. The maximum absolute atomic E-state index is 11.3. The molecule has 0 heterocycles. The molecule has 0 saturated carbocycles. The normalized spacial score (nSPS) is 12.7. The fourth-order valence-electron chi connectivity index (χ4n) is 1.21. The molecular weight excluding hydrogens is 236 g/mol. The molecule has 0 spiro atoms. The van der Waals surface area contributed by atoms with Crippen molar-refractivity contribution in [2.24, 2.45) is 5.73 Å². The van der Waals surface area contributed by atoms with Crippen molar-refractivity contribution >= 4 is 12.1 Å². The van der Waals surface area contributed by atoms with Crippen LogP contribution in [0.3, 0.4) is 0 Å². The van der Waals surface area contributed by atoms with E-state index in [4.69, 9.17) is 15.2 Å². The number of carbonyl (C=O) groups excluding carboxylic acids is 2. The average molecular weight is 260 g/mol. The first-order valence-electron chi connectivity index (χ1n) is 6.12. The average Bonchev–Trinajstić information content (AvgIpc) is 2.14. The van der Waals surface area contributed by atoms with Crippen molar-refractivity contribution in [3.63, 3.8) is 0 Å². The van der Waals surface area contributed by atoms with Gasteiger partial charge in [-0.25, -0.2) is 4.79 Å². The van der Waals surface area contributed by atoms with Gasteiger partial charge in [-0.05, 0) is 34.1 Å². The van der Waals surface area contributed by atoms with Gasteiger partial charge in [-0.1, -0.05) is 0 Å². The second kappa shape index (κ2) is 7.92. The van der Waals surface area contributed by atoms with Crippen LogP contribution >= 0.6 is 0 Å². The third kappa shape index (κ3) is 9.89. The minimum Gasteiger partial charge on any atom is -0.466 e. The van der Waals surface area contributed by atoms with Gasteiger partial charge in [0.1, 0.15) is 5.60 Å². The fraction of sp³-hybridized carbons (Fsp3) is 0.833. The number of hydrogen-bond acceptors (Lipinski definition) is 5. The molecule has 1 atom stereocenters. The fourth-order valence-corrected chi connectivity index (χ4v) is 1.21. The van der Waals surface area contributed by atoms with Crippen LogP contribution in [0.5, 0.6) is 0 Å². The molecule has 1 amide bonds. The molecule has 0 aliphatic heterocycles. The van der Waals surface area contributed by atoms with Gasteiger partial charge in [0, 0.05) is 12.6 Å². The zero-order valence-electron chi connectivity index (χ0n) is 11.6. The van der Waals surface area contributed by atoms with E-state index in [1.165, 1.54) is 0 Å². The van der Waals surface area contributed by atoms with E-state index >= 15 is 0 Å². The summed E-state index contributed by atoms with van der Waals surface area (Å²) in [6.07, 6.45) is 0.174. The molecule has 0 aromatic carbocycles. The maximum atomic E-state index is 11.3. The van der Waals surface area contributed by atoms with E-state index in [1.54, 1.807) is 27.7 Å². The van der Waals surface area contributed by atoms with Crippen LogP contribution < -0.4 is 11.1 Å². The van der Waals surface area contributed by atoms with E-state index in [2.05, 4.69) is 5.32 Å². The van der Waals surface area contributed by atoms with Crippen LogP contribution in [-0.4, -0.2) is 36.9 Å². The van der Waals surface area contributed by atoms with Gasteiger partial charge in [0.15, 0.2) is 0 Å². The van der Waals surface area contributed by atoms with Crippen LogP contribution in [0.4, 0.5) is 4.79 Å². The minimum absolute atomic E-state index is 0.157. The second-order valence-corrected chi connectivity index (χ2v) is 4.99. The SMILES string of the molecule is CCOC(=O)CC(N)CCNC(=O)OC(C)(C)C. The van der Waals surface area contributed by atoms with Crippen LogP contribution in [-0.2, 0) is 14.3 Å². The van der Waals surface area contributed by atoms with E-state index in [0.717, 1.165) is 0 Å². The monoisotopic (exact) mass is 260 g/mol. The highest BCUT2D eigenvalue weighted by molar-refractivity contribution is 5.70. The predicted molar refractivity (Wildman–Crippen MR) is 68.1 cm³/mol. The van der Waals surface area contributed by atoms with Crippen LogP contribution in [0.25, 0.3) is 0 Å². The number of ether oxygens (including phenoxy) is 2. The summed E-state index contributed by atoms with van der Waals surface area (Å²) in [5, 5.41) is 2.58. The number of esters is 1. The summed E-state index contributed by atoms with van der Waals surface area (Å²) < 4.78 is 9.83. The Morgan fingerprint density at radius 3 is 2.44 bits per heavy atom. The summed E-state index contributed by atoms with van der Waals surface area (Å²) in [7, 11) is 0. The Balaban J connectivity index is 3.71. The Morgan fingerprint density at radius 2 is 1.94 bits per heavy atom. The molecule has 1 unspecified atom stereocenters. The molecule has 0 aliphatic rings. The Kier molecular flexibility index (Phi) is 7.35. The van der Waals surface area contributed by atoms with E-state index in [-0.39, 0.29) is 18.4 Å². The quantitative estimate of drug-likeness (QED) is 0.700. The molecule has 0 rings (SSSR count). The minimum atomic E-state index is -0.517. The highest BCUT2D eigenvalue weighted by Gasteiger charge is 2.16. The van der Waals surface area contributed by atoms with Gasteiger partial charge in [-0.15, -0.1) is 0 Å². The highest BCUT2D eigenvalue weighted by Crippen LogP contribution is 2.06. The molecule has 0 saturated heterocycles. The Hall–Kier alpha value is -1.30. The van der Waals surface area contributed by atoms with E-state index < -0.39 is 11.7 Å². The molecule has 0 fully saturated rings. The molecule has 106 valence electrons. The molecule has 6 nitrogen and oxygen atoms in total. The van der Waals surface area contributed by atoms with Crippen LogP contribution in [0, 0.1) is 0 Å². The number of alkyl carbamates (subject to hydrolysis) is 1. The first-order valence-corrected chi connectivity index (χ1v) is 6.12. The van der Waals surface area contributed by atoms with Gasteiger partial charge in [0.2, 0.25) is 0 Å². The van der Waals surface area contributed by atoms with Gasteiger partial charge in [0.05, 0.1) is 13.0 Å². The molecule has 0 aromatic rings. The van der Waals surface area contributed by atoms with Gasteiger partial charge < -0.3 is 20.5 Å². The Morgan fingerprint density at radius 1 is 1.33 bits per heavy atom. The molecule has 0 bridgehead atoms. The summed E-state index contributed by atoms with van der Waals surface area (Å²) in [5.74, 6) is -0.317. The second-order valence-electron chi connectivity index (χ2n) is 4.99. The zero-order valence-corrected chi connectivity index (χ0v) is 11.6. The largest absolute Gasteiger partial charge is 0.466 e. The third-order valence-corrected chi connectivity index (χ3v) is 1.92. The molecule has 3 N–H and O–H groups in total. The number of hydrogen-bond donors (Lipinski definition) is 2. The molecule has 0 aromatic heterocycles. The lowest BCUT2D eigenvalue weighted by Crippen LogP contribution is -2.35. The predicted octanol–water partition coefficient (Wildman–Crippen LogP) is 1.18. The van der Waals surface area contributed by atoms with E-state index in [1.807, 2.05) is 0 Å². The van der Waals surface area contributed by atoms with Crippen LogP contribution in [0.1, 0.15) is 40.5 Å². The number of nitrogens with one attached hydrogen (secondary N) is 1. The number of carbonyl (C=O) groups is 2. The van der Waals surface area contributed by atoms with Crippen molar-refractivity contribution in [1.82, 2.24) is 5.32 Å². The van der Waals surface area contributed by atoms with Gasteiger partial charge in [-0.3, -0.25) is 4.79 Å². The smallest absolute Gasteiger partial charge is 0.407 e. The van der Waals surface area contributed by atoms with Crippen molar-refractivity contribution in [3.8, 4) is 0 Å². The number of rotatable bonds is 6. The lowest BCUT2D eigenvalue weighted by molar-refractivity contribution is -0.143. The van der Waals surface area contributed by atoms with Crippen LogP contribution in [0.15, 0.2) is 0 Å². The van der Waals surface area contributed by atoms with Crippen molar-refractivity contribution in [2.45, 2.75) is 52.2 Å². The first kappa shape index (κ1) is 16.7. The Labute approximate surface area is 108 Å². The summed E-state index contributed by atoms with van der Waals surface area (Å²) in [5.41, 5.74) is 5.21. The van der Waals surface area contributed by atoms with Crippen molar-refractivity contribution in [3.05, 3.63) is 0 Å². The number of amides is 1. The van der Waals surface area contributed by atoms with Crippen molar-refractivity contribution in [2.75, 3.05) is 13.2 Å². The third-order valence-electron chi connectivity index (χ3n) is 1.92. The molecular formula is C12H24N2O4. The highest BCUT2D eigenvalue weighted by atomic mass is 16.6. The van der Waals surface area contributed by atoms with E-state index in [0.29, 0.717) is 19.6 Å². The first-order chi connectivity index (χ1) is 8.24. The number of nitrogens with two attached hydrogens (primary N) is 1. The lowest BCUT2D eigenvalue weighted by atomic mass is 10.1. The molecule has 0 aliphatic carbocycles. The standard InChI is InChI=1S/C12H24N2O4/c1-5-17-10(15)8-9(13)6-7-14-11(16)18-12(2,3)4/h9H,5-8,13H2,1-4H3,(H,14,16). The zero-order chi connectivity index (χ0) is 14.2. The molecule has 6 heteroatoms. The van der Waals surface area contributed by atoms with Gasteiger partial charge >= 0.3 is 12.1 Å². The van der Waals surface area contributed by atoms with E-state index in [9.17, 15) is 9.59 Å². The maximum Gasteiger partial charge on any atom is 0.407 e. The molecule has 0 radical (unpaired) electrons.